The van der Waals surface area contributed by atoms with E-state index in [9.17, 15) is 36.2 Å². The molecule has 1 amide bonds. The first-order valence-corrected chi connectivity index (χ1v) is 10.7. The van der Waals surface area contributed by atoms with Crippen LogP contribution in [0.5, 0.6) is 0 Å². The van der Waals surface area contributed by atoms with E-state index in [2.05, 4.69) is 4.98 Å². The van der Waals surface area contributed by atoms with Gasteiger partial charge in [-0.15, -0.1) is 0 Å². The van der Waals surface area contributed by atoms with Crippen molar-refractivity contribution in [2.75, 3.05) is 28.5 Å². The maximum Gasteiger partial charge on any atom is 0.417 e. The predicted molar refractivity (Wildman–Crippen MR) is 108 cm³/mol. The van der Waals surface area contributed by atoms with Crippen LogP contribution in [0.2, 0.25) is 5.02 Å². The quantitative estimate of drug-likeness (QED) is 0.481. The number of pyridine rings is 1. The molecule has 1 fully saturated rings. The van der Waals surface area contributed by atoms with Gasteiger partial charge in [0.2, 0.25) is 0 Å². The molecule has 3 rings (SSSR count). The lowest BCUT2D eigenvalue weighted by Crippen LogP contribution is -2.46. The summed E-state index contributed by atoms with van der Waals surface area (Å²) in [4.78, 5) is 18.9. The number of aryl methyl sites for hydroxylation is 1. The highest BCUT2D eigenvalue weighted by Crippen LogP contribution is 2.37. The number of anilines is 2. The van der Waals surface area contributed by atoms with Gasteiger partial charge in [-0.05, 0) is 25.1 Å². The largest absolute Gasteiger partial charge is 0.417 e. The number of carbonyl (C=O) groups is 1. The Balaban J connectivity index is 2.07. The topological polar surface area (TPSA) is 77.3 Å². The summed E-state index contributed by atoms with van der Waals surface area (Å²) in [5.74, 6) is -4.20. The van der Waals surface area contributed by atoms with E-state index in [1.807, 2.05) is 0 Å². The third-order valence-corrected chi connectivity index (χ3v) is 6.41. The molecule has 170 valence electrons. The molecular weight excluding hydrogens is 479 g/mol. The first kappa shape index (κ1) is 23.9. The molecule has 2 heterocycles. The zero-order valence-corrected chi connectivity index (χ0v) is 18.1. The van der Waals surface area contributed by atoms with Crippen molar-refractivity contribution in [2.45, 2.75) is 19.1 Å². The van der Waals surface area contributed by atoms with Crippen LogP contribution < -0.4 is 9.80 Å². The van der Waals surface area contributed by atoms with Gasteiger partial charge < -0.3 is 9.80 Å². The van der Waals surface area contributed by atoms with Crippen molar-refractivity contribution in [1.82, 2.24) is 4.98 Å². The van der Waals surface area contributed by atoms with Crippen molar-refractivity contribution < 1.29 is 31.0 Å². The fourth-order valence-electron chi connectivity index (χ4n) is 3.29. The summed E-state index contributed by atoms with van der Waals surface area (Å²) in [6.45, 7) is 1.28. The third kappa shape index (κ3) is 4.27. The van der Waals surface area contributed by atoms with Gasteiger partial charge in [-0.3, -0.25) is 9.00 Å². The molecule has 0 radical (unpaired) electrons. The van der Waals surface area contributed by atoms with Gasteiger partial charge in [-0.25, -0.2) is 13.8 Å². The predicted octanol–water partition coefficient (Wildman–Crippen LogP) is 3.77. The summed E-state index contributed by atoms with van der Waals surface area (Å²) in [5, 5.41) is 8.56. The van der Waals surface area contributed by atoms with Crippen LogP contribution in [-0.4, -0.2) is 39.8 Å². The van der Waals surface area contributed by atoms with E-state index in [1.54, 1.807) is 0 Å². The summed E-state index contributed by atoms with van der Waals surface area (Å²) in [6.07, 6.45) is -4.86. The standard InChI is InChI=1S/C19H14ClF5N4O2S/c1-9-5-11(19(23,24)25)10(6-26)17(27-9)29-8-32(31)7-14(29)18(30)28(2)13-4-3-12(21)15(20)16(13)22/h3-5,14H,7-8H2,1-2H3/t14-,32?/m0/s1. The number of rotatable bonds is 3. The molecule has 0 saturated carbocycles. The molecule has 0 bridgehead atoms. The zero-order valence-electron chi connectivity index (χ0n) is 16.5. The normalized spacial score (nSPS) is 18.5. The Kier molecular flexibility index (Phi) is 6.44. The average Bonchev–Trinajstić information content (AvgIpc) is 3.11. The summed E-state index contributed by atoms with van der Waals surface area (Å²) in [7, 11) is -0.510. The number of aromatic nitrogens is 1. The van der Waals surface area contributed by atoms with Crippen molar-refractivity contribution in [3.8, 4) is 6.07 Å². The van der Waals surface area contributed by atoms with Crippen molar-refractivity contribution in [2.24, 2.45) is 0 Å². The monoisotopic (exact) mass is 492 g/mol. The first-order valence-electron chi connectivity index (χ1n) is 8.88. The van der Waals surface area contributed by atoms with Crippen LogP contribution in [-0.2, 0) is 21.8 Å². The number of likely N-dealkylation sites (N-methyl/N-ethyl adjacent to an activating group) is 1. The van der Waals surface area contributed by atoms with E-state index in [1.165, 1.54) is 13.0 Å². The second kappa shape index (κ2) is 8.63. The number of carbonyl (C=O) groups excluding carboxylic acids is 1. The van der Waals surface area contributed by atoms with Crippen LogP contribution in [0.4, 0.5) is 33.5 Å². The number of nitrogens with zero attached hydrogens (tertiary/aromatic N) is 4. The minimum atomic E-state index is -4.86. The summed E-state index contributed by atoms with van der Waals surface area (Å²) in [5.41, 5.74) is -2.51. The molecule has 2 atom stereocenters. The lowest BCUT2D eigenvalue weighted by Gasteiger charge is -2.29. The second-order valence-electron chi connectivity index (χ2n) is 6.93. The Morgan fingerprint density at radius 1 is 1.38 bits per heavy atom. The van der Waals surface area contributed by atoms with Gasteiger partial charge in [0.05, 0.1) is 22.9 Å². The maximum absolute atomic E-state index is 14.4. The molecule has 0 aliphatic carbocycles. The number of amides is 1. The Morgan fingerprint density at radius 3 is 2.62 bits per heavy atom. The Hall–Kier alpha value is -2.78. The molecule has 1 unspecified atom stereocenters. The van der Waals surface area contributed by atoms with Gasteiger partial charge in [0, 0.05) is 23.5 Å². The van der Waals surface area contributed by atoms with Gasteiger partial charge in [0.15, 0.2) is 5.82 Å². The molecule has 0 N–H and O–H groups in total. The zero-order chi connectivity index (χ0) is 24.0. The molecular formula is C19H14ClF5N4O2S. The minimum absolute atomic E-state index is 0.0695. The first-order chi connectivity index (χ1) is 14.9. The molecule has 1 saturated heterocycles. The number of hydrogen-bond acceptors (Lipinski definition) is 5. The molecule has 1 aromatic carbocycles. The van der Waals surface area contributed by atoms with Gasteiger partial charge in [-0.2, -0.15) is 18.4 Å². The van der Waals surface area contributed by atoms with Crippen LogP contribution in [0.25, 0.3) is 0 Å². The SMILES string of the molecule is Cc1cc(C(F)(F)F)c(C#N)c(N2CS(=O)C[C@H]2C(=O)N(C)c2ccc(F)c(Cl)c2F)n1. The van der Waals surface area contributed by atoms with Gasteiger partial charge in [0.25, 0.3) is 5.91 Å². The van der Waals surface area contributed by atoms with Gasteiger partial charge >= 0.3 is 6.18 Å². The molecule has 32 heavy (non-hydrogen) atoms. The average molecular weight is 493 g/mol. The lowest BCUT2D eigenvalue weighted by molar-refractivity contribution is -0.137. The van der Waals surface area contributed by atoms with E-state index >= 15 is 0 Å². The number of nitriles is 1. The second-order valence-corrected chi connectivity index (χ2v) is 8.78. The molecule has 1 aliphatic rings. The third-order valence-electron chi connectivity index (χ3n) is 4.81. The van der Waals surface area contributed by atoms with Crippen LogP contribution in [0.1, 0.15) is 16.8 Å². The van der Waals surface area contributed by atoms with Crippen molar-refractivity contribution in [3.05, 3.63) is 51.7 Å². The molecule has 1 aromatic heterocycles. The Labute approximate surface area is 186 Å². The molecule has 0 spiro atoms. The van der Waals surface area contributed by atoms with E-state index < -0.39 is 62.5 Å². The van der Waals surface area contributed by atoms with E-state index in [-0.39, 0.29) is 23.0 Å². The number of halogens is 6. The number of hydrogen-bond donors (Lipinski definition) is 0. The highest BCUT2D eigenvalue weighted by atomic mass is 35.5. The minimum Gasteiger partial charge on any atom is -0.331 e. The molecule has 1 aliphatic heterocycles. The lowest BCUT2D eigenvalue weighted by atomic mass is 10.1. The number of alkyl halides is 3. The number of benzene rings is 1. The highest BCUT2D eigenvalue weighted by molar-refractivity contribution is 7.85. The van der Waals surface area contributed by atoms with E-state index in [0.29, 0.717) is 6.07 Å². The van der Waals surface area contributed by atoms with Crippen LogP contribution >= 0.6 is 11.6 Å². The van der Waals surface area contributed by atoms with Crippen LogP contribution in [0, 0.1) is 29.9 Å². The molecule has 6 nitrogen and oxygen atoms in total. The van der Waals surface area contributed by atoms with Crippen LogP contribution in [0.15, 0.2) is 18.2 Å². The van der Waals surface area contributed by atoms with E-state index in [0.717, 1.165) is 29.0 Å². The van der Waals surface area contributed by atoms with Crippen LogP contribution in [0.3, 0.4) is 0 Å². The summed E-state index contributed by atoms with van der Waals surface area (Å²) >= 11 is 5.56. The summed E-state index contributed by atoms with van der Waals surface area (Å²) < 4.78 is 80.5. The Bertz CT molecular complexity index is 1170. The van der Waals surface area contributed by atoms with Crippen molar-refractivity contribution in [1.29, 1.82) is 5.26 Å². The molecule has 2 aromatic rings. The smallest absolute Gasteiger partial charge is 0.331 e. The van der Waals surface area contributed by atoms with Gasteiger partial charge in [0.1, 0.15) is 34.3 Å². The maximum atomic E-state index is 14.4. The fraction of sp³-hybridized carbons (Fsp3) is 0.316. The Morgan fingerprint density at radius 2 is 2.03 bits per heavy atom. The highest BCUT2D eigenvalue weighted by Gasteiger charge is 2.42. The molecule has 13 heteroatoms. The fourth-order valence-corrected chi connectivity index (χ4v) is 4.84. The summed E-state index contributed by atoms with van der Waals surface area (Å²) in [6, 6.07) is 2.67. The van der Waals surface area contributed by atoms with E-state index in [4.69, 9.17) is 11.6 Å². The van der Waals surface area contributed by atoms with Crippen molar-refractivity contribution >= 4 is 39.8 Å². The van der Waals surface area contributed by atoms with Gasteiger partial charge in [-0.1, -0.05) is 11.6 Å². The van der Waals surface area contributed by atoms with Crippen molar-refractivity contribution in [3.63, 3.8) is 0 Å².